The van der Waals surface area contributed by atoms with Crippen molar-refractivity contribution in [3.05, 3.63) is 34.9 Å². The zero-order chi connectivity index (χ0) is 14.1. The maximum atomic E-state index is 10.8. The number of carboxylic acids is 2. The van der Waals surface area contributed by atoms with Crippen LogP contribution in [0.5, 0.6) is 0 Å². The number of aryl methyl sites for hydroxylation is 1. The molecule has 0 bridgehead atoms. The maximum absolute atomic E-state index is 10.8. The van der Waals surface area contributed by atoms with E-state index in [4.69, 9.17) is 0 Å². The molecule has 0 fully saturated rings. The van der Waals surface area contributed by atoms with E-state index in [1.54, 1.807) is 19.1 Å². The molecule has 1 rings (SSSR count). The third-order valence-electron chi connectivity index (χ3n) is 2.92. The topological polar surface area (TPSA) is 80.3 Å². The van der Waals surface area contributed by atoms with Crippen LogP contribution in [0.25, 0.3) is 0 Å². The minimum absolute atomic E-state index is 0. The predicted octanol–water partition coefficient (Wildman–Crippen LogP) is -6.12. The van der Waals surface area contributed by atoms with Crippen LogP contribution in [0.2, 0.25) is 0 Å². The Hall–Kier alpha value is 0.394. The standard InChI is InChI=1S/C14H18O4.K.Li/c1-8-7-9(14(2,3)4)5-6-10(8)11(12(15)16)13(17)18;;/h5-7,11H,1-4H3,(H,15,16)(H,17,18);;/q;2*+1/p-2. The maximum Gasteiger partial charge on any atom is 1.00 e. The van der Waals surface area contributed by atoms with Crippen molar-refractivity contribution >= 4 is 11.9 Å². The van der Waals surface area contributed by atoms with Crippen molar-refractivity contribution < 1.29 is 90.0 Å². The first-order valence-electron chi connectivity index (χ1n) is 5.67. The molecule has 0 heterocycles. The fourth-order valence-electron chi connectivity index (χ4n) is 1.82. The summed E-state index contributed by atoms with van der Waals surface area (Å²) in [6, 6.07) is 5.06. The van der Waals surface area contributed by atoms with Gasteiger partial charge in [0.25, 0.3) is 0 Å². The van der Waals surface area contributed by atoms with E-state index in [0.29, 0.717) is 5.56 Å². The summed E-state index contributed by atoms with van der Waals surface area (Å²) in [4.78, 5) is 21.7. The van der Waals surface area contributed by atoms with Gasteiger partial charge in [-0.2, -0.15) is 0 Å². The number of aliphatic carboxylic acids is 2. The number of hydrogen-bond donors (Lipinski definition) is 0. The Balaban J connectivity index is 0. The number of carboxylic acid groups (broad SMARTS) is 2. The van der Waals surface area contributed by atoms with Crippen molar-refractivity contribution in [2.24, 2.45) is 0 Å². The fourth-order valence-corrected chi connectivity index (χ4v) is 1.82. The third kappa shape index (κ3) is 5.65. The molecule has 0 aromatic heterocycles. The second kappa shape index (κ2) is 8.74. The molecule has 1 aromatic rings. The van der Waals surface area contributed by atoms with Crippen molar-refractivity contribution in [3.63, 3.8) is 0 Å². The predicted molar refractivity (Wildman–Crippen MR) is 62.6 cm³/mol. The van der Waals surface area contributed by atoms with Crippen LogP contribution in [-0.4, -0.2) is 11.9 Å². The Morgan fingerprint density at radius 3 is 1.85 bits per heavy atom. The molecule has 1 aromatic carbocycles. The largest absolute Gasteiger partial charge is 1.00 e. The van der Waals surface area contributed by atoms with Gasteiger partial charge in [0.15, 0.2) is 0 Å². The Kier molecular flexibility index (Phi) is 9.91. The van der Waals surface area contributed by atoms with Gasteiger partial charge in [0.05, 0.1) is 17.9 Å². The molecule has 98 valence electrons. The van der Waals surface area contributed by atoms with Crippen molar-refractivity contribution in [2.45, 2.75) is 39.0 Å². The van der Waals surface area contributed by atoms with E-state index in [1.165, 1.54) is 6.07 Å². The van der Waals surface area contributed by atoms with Crippen LogP contribution in [0.1, 0.15) is 43.4 Å². The summed E-state index contributed by atoms with van der Waals surface area (Å²) in [5, 5.41) is 21.7. The Morgan fingerprint density at radius 1 is 1.10 bits per heavy atom. The van der Waals surface area contributed by atoms with Crippen LogP contribution in [0.4, 0.5) is 0 Å². The summed E-state index contributed by atoms with van der Waals surface area (Å²) in [6.07, 6.45) is 0. The van der Waals surface area contributed by atoms with Crippen molar-refractivity contribution in [2.75, 3.05) is 0 Å². The summed E-state index contributed by atoms with van der Waals surface area (Å²) in [5.41, 5.74) is 1.75. The van der Waals surface area contributed by atoms with E-state index in [2.05, 4.69) is 0 Å². The van der Waals surface area contributed by atoms with Crippen LogP contribution in [0.3, 0.4) is 0 Å². The van der Waals surface area contributed by atoms with Crippen LogP contribution in [-0.2, 0) is 15.0 Å². The summed E-state index contributed by atoms with van der Waals surface area (Å²) in [6.45, 7) is 7.76. The van der Waals surface area contributed by atoms with Gasteiger partial charge < -0.3 is 19.8 Å². The van der Waals surface area contributed by atoms with E-state index in [-0.39, 0.29) is 81.2 Å². The summed E-state index contributed by atoms with van der Waals surface area (Å²) in [5.74, 6) is -5.03. The van der Waals surface area contributed by atoms with Gasteiger partial charge >= 0.3 is 70.2 Å². The quantitative estimate of drug-likeness (QED) is 0.410. The number of benzene rings is 1. The van der Waals surface area contributed by atoms with Crippen LogP contribution in [0, 0.1) is 6.92 Å². The molecule has 0 saturated heterocycles. The first-order valence-corrected chi connectivity index (χ1v) is 5.67. The van der Waals surface area contributed by atoms with Crippen LogP contribution < -0.4 is 80.5 Å². The molecular formula is C14H16KLiO4. The van der Waals surface area contributed by atoms with E-state index in [0.717, 1.165) is 5.56 Å². The van der Waals surface area contributed by atoms with Gasteiger partial charge in [-0.1, -0.05) is 39.0 Å². The minimum atomic E-state index is -1.72. The summed E-state index contributed by atoms with van der Waals surface area (Å²) >= 11 is 0. The average molecular weight is 294 g/mol. The zero-order valence-electron chi connectivity index (χ0n) is 12.9. The molecule has 0 unspecified atom stereocenters. The molecule has 0 aliphatic carbocycles. The van der Waals surface area contributed by atoms with Gasteiger partial charge in [0.1, 0.15) is 0 Å². The fraction of sp³-hybridized carbons (Fsp3) is 0.429. The van der Waals surface area contributed by atoms with Gasteiger partial charge in [-0.05, 0) is 29.0 Å². The second-order valence-electron chi connectivity index (χ2n) is 5.39. The first kappa shape index (κ1) is 22.7. The molecule has 0 aliphatic heterocycles. The van der Waals surface area contributed by atoms with Crippen LogP contribution >= 0.6 is 0 Å². The number of carbonyl (C=O) groups excluding carboxylic acids is 2. The molecule has 0 N–H and O–H groups in total. The Morgan fingerprint density at radius 2 is 1.55 bits per heavy atom. The van der Waals surface area contributed by atoms with Gasteiger partial charge in [0, 0.05) is 0 Å². The molecular weight excluding hydrogens is 278 g/mol. The molecule has 6 heteroatoms. The molecule has 20 heavy (non-hydrogen) atoms. The molecule has 0 atom stereocenters. The molecule has 0 amide bonds. The molecule has 0 aliphatic rings. The SMILES string of the molecule is Cc1cc(C(C)(C)C)ccc1C(C(=O)[O-])C(=O)[O-].[K+].[Li+]. The number of rotatable bonds is 3. The Labute approximate surface area is 173 Å². The summed E-state index contributed by atoms with van der Waals surface area (Å²) < 4.78 is 0. The number of hydrogen-bond acceptors (Lipinski definition) is 4. The van der Waals surface area contributed by atoms with Gasteiger partial charge in [-0.25, -0.2) is 0 Å². The van der Waals surface area contributed by atoms with Crippen molar-refractivity contribution in [1.29, 1.82) is 0 Å². The number of carbonyl (C=O) groups is 2. The van der Waals surface area contributed by atoms with Crippen molar-refractivity contribution in [3.8, 4) is 0 Å². The normalized spacial score (nSPS) is 10.4. The molecule has 4 nitrogen and oxygen atoms in total. The van der Waals surface area contributed by atoms with E-state index >= 15 is 0 Å². The summed E-state index contributed by atoms with van der Waals surface area (Å²) in [7, 11) is 0. The molecule has 0 saturated carbocycles. The van der Waals surface area contributed by atoms with Crippen LogP contribution in [0.15, 0.2) is 18.2 Å². The second-order valence-corrected chi connectivity index (χ2v) is 5.39. The van der Waals surface area contributed by atoms with E-state index < -0.39 is 17.9 Å². The third-order valence-corrected chi connectivity index (χ3v) is 2.92. The molecule has 0 radical (unpaired) electrons. The monoisotopic (exact) mass is 294 g/mol. The van der Waals surface area contributed by atoms with Gasteiger partial charge in [-0.15, -0.1) is 0 Å². The van der Waals surface area contributed by atoms with E-state index in [1.807, 2.05) is 20.8 Å². The molecule has 0 spiro atoms. The van der Waals surface area contributed by atoms with Gasteiger partial charge in [-0.3, -0.25) is 0 Å². The smallest absolute Gasteiger partial charge is 0.549 e. The average Bonchev–Trinajstić information content (AvgIpc) is 2.18. The zero-order valence-corrected chi connectivity index (χ0v) is 16.1. The van der Waals surface area contributed by atoms with E-state index in [9.17, 15) is 19.8 Å². The van der Waals surface area contributed by atoms with Crippen molar-refractivity contribution in [1.82, 2.24) is 0 Å². The Bertz CT molecular complexity index is 480. The minimum Gasteiger partial charge on any atom is -0.549 e. The first-order chi connectivity index (χ1) is 8.14. The van der Waals surface area contributed by atoms with Gasteiger partial charge in [0.2, 0.25) is 0 Å².